The van der Waals surface area contributed by atoms with Gasteiger partial charge in [0, 0.05) is 12.0 Å². The van der Waals surface area contributed by atoms with Crippen molar-refractivity contribution in [3.8, 4) is 17.9 Å². The number of nitrogens with zero attached hydrogens (tertiary/aromatic N) is 2. The monoisotopic (exact) mass is 316 g/mol. The van der Waals surface area contributed by atoms with Crippen LogP contribution in [-0.2, 0) is 0 Å². The Bertz CT molecular complexity index is 613. The molecule has 0 amide bonds. The fraction of sp³-hybridized carbons (Fsp3) is 0.250. The van der Waals surface area contributed by atoms with Crippen LogP contribution in [-0.4, -0.2) is 19.6 Å². The molecule has 0 radical (unpaired) electrons. The highest BCUT2D eigenvalue weighted by Gasteiger charge is 2.08. The van der Waals surface area contributed by atoms with Gasteiger partial charge in [0.05, 0.1) is 29.1 Å². The molecule has 0 saturated heterocycles. The number of hydrogen-bond donors (Lipinski definition) is 0. The van der Waals surface area contributed by atoms with Crippen molar-refractivity contribution >= 4 is 29.6 Å². The molecule has 0 aliphatic rings. The van der Waals surface area contributed by atoms with E-state index in [4.69, 9.17) is 4.74 Å². The van der Waals surface area contributed by atoms with Gasteiger partial charge in [0.25, 0.3) is 0 Å². The summed E-state index contributed by atoms with van der Waals surface area (Å²) in [6.45, 7) is 0. The molecule has 0 bridgehead atoms. The smallest absolute Gasteiger partial charge is 0.118 e. The number of ether oxygens (including phenoxy) is 1. The maximum absolute atomic E-state index is 9.27. The van der Waals surface area contributed by atoms with E-state index < -0.39 is 0 Å². The van der Waals surface area contributed by atoms with Gasteiger partial charge in [0.1, 0.15) is 5.75 Å². The van der Waals surface area contributed by atoms with Gasteiger partial charge < -0.3 is 4.74 Å². The highest BCUT2D eigenvalue weighted by atomic mass is 32.2. The molecule has 21 heavy (non-hydrogen) atoms. The lowest BCUT2D eigenvalue weighted by atomic mass is 10.1. The Labute approximate surface area is 134 Å². The van der Waals surface area contributed by atoms with Crippen LogP contribution < -0.4 is 4.74 Å². The van der Waals surface area contributed by atoms with Crippen LogP contribution in [0.1, 0.15) is 12.0 Å². The first-order valence-electron chi connectivity index (χ1n) is 6.14. The zero-order valence-corrected chi connectivity index (χ0v) is 13.8. The van der Waals surface area contributed by atoms with Crippen molar-refractivity contribution < 1.29 is 4.74 Å². The van der Waals surface area contributed by atoms with Crippen LogP contribution in [0.15, 0.2) is 39.6 Å². The molecule has 0 N–H and O–H groups in total. The Morgan fingerprint density at radius 1 is 1.14 bits per heavy atom. The molecule has 1 aromatic rings. The number of nitriles is 2. The third kappa shape index (κ3) is 5.23. The van der Waals surface area contributed by atoms with E-state index in [0.717, 1.165) is 15.6 Å². The molecule has 1 rings (SSSR count). The number of allylic oxidation sites excluding steroid dienone is 2. The number of thioether (sulfide) groups is 2. The van der Waals surface area contributed by atoms with Crippen molar-refractivity contribution in [3.05, 3.63) is 45.2 Å². The van der Waals surface area contributed by atoms with Gasteiger partial charge in [0.15, 0.2) is 0 Å². The topological polar surface area (TPSA) is 56.8 Å². The third-order valence-corrected chi connectivity index (χ3v) is 4.95. The standard InChI is InChI=1S/C16H16N2OS2/c1-19-15-6-4-12(5-7-15)8-13(10-17)9-14(11-18)16(20-2)21-3/h4-8H,9H2,1-3H3/b13-8-. The van der Waals surface area contributed by atoms with E-state index in [-0.39, 0.29) is 0 Å². The van der Waals surface area contributed by atoms with E-state index in [2.05, 4.69) is 12.1 Å². The van der Waals surface area contributed by atoms with Crippen molar-refractivity contribution in [2.24, 2.45) is 0 Å². The van der Waals surface area contributed by atoms with Crippen molar-refractivity contribution in [2.75, 3.05) is 19.6 Å². The summed E-state index contributed by atoms with van der Waals surface area (Å²) in [6.07, 6.45) is 6.02. The molecular weight excluding hydrogens is 300 g/mol. The largest absolute Gasteiger partial charge is 0.497 e. The van der Waals surface area contributed by atoms with Gasteiger partial charge >= 0.3 is 0 Å². The first-order valence-corrected chi connectivity index (χ1v) is 8.59. The van der Waals surface area contributed by atoms with E-state index in [1.807, 2.05) is 36.8 Å². The van der Waals surface area contributed by atoms with Crippen LogP contribution in [0.2, 0.25) is 0 Å². The van der Waals surface area contributed by atoms with Gasteiger partial charge in [0.2, 0.25) is 0 Å². The van der Waals surface area contributed by atoms with Crippen molar-refractivity contribution in [2.45, 2.75) is 6.42 Å². The predicted octanol–water partition coefficient (Wildman–Crippen LogP) is 4.45. The van der Waals surface area contributed by atoms with Gasteiger partial charge in [-0.2, -0.15) is 10.5 Å². The highest BCUT2D eigenvalue weighted by molar-refractivity contribution is 8.21. The van der Waals surface area contributed by atoms with Gasteiger partial charge in [-0.25, -0.2) is 0 Å². The summed E-state index contributed by atoms with van der Waals surface area (Å²) >= 11 is 3.07. The molecule has 0 aromatic heterocycles. The minimum absolute atomic E-state index is 0.357. The van der Waals surface area contributed by atoms with Crippen LogP contribution in [0, 0.1) is 22.7 Å². The molecule has 0 atom stereocenters. The maximum Gasteiger partial charge on any atom is 0.118 e. The Morgan fingerprint density at radius 2 is 1.76 bits per heavy atom. The van der Waals surface area contributed by atoms with Gasteiger partial charge in [-0.1, -0.05) is 12.1 Å². The predicted molar refractivity (Wildman–Crippen MR) is 90.9 cm³/mol. The summed E-state index contributed by atoms with van der Waals surface area (Å²) in [5, 5.41) is 18.5. The Kier molecular flexibility index (Phi) is 7.53. The molecule has 3 nitrogen and oxygen atoms in total. The molecule has 0 heterocycles. The summed E-state index contributed by atoms with van der Waals surface area (Å²) in [6, 6.07) is 11.8. The average molecular weight is 316 g/mol. The molecule has 0 spiro atoms. The highest BCUT2D eigenvalue weighted by Crippen LogP contribution is 2.30. The van der Waals surface area contributed by atoms with Gasteiger partial charge in [-0.3, -0.25) is 0 Å². The van der Waals surface area contributed by atoms with Crippen LogP contribution in [0.3, 0.4) is 0 Å². The molecule has 0 unspecified atom stereocenters. The Balaban J connectivity index is 3.02. The third-order valence-electron chi connectivity index (χ3n) is 2.72. The van der Waals surface area contributed by atoms with Crippen LogP contribution >= 0.6 is 23.5 Å². The lowest BCUT2D eigenvalue weighted by Crippen LogP contribution is -1.88. The van der Waals surface area contributed by atoms with E-state index in [9.17, 15) is 10.5 Å². The zero-order chi connectivity index (χ0) is 15.7. The molecule has 1 aromatic carbocycles. The lowest BCUT2D eigenvalue weighted by Gasteiger charge is -2.05. The van der Waals surface area contributed by atoms with E-state index >= 15 is 0 Å². The Hall–Kier alpha value is -1.82. The van der Waals surface area contributed by atoms with Crippen LogP contribution in [0.5, 0.6) is 5.75 Å². The van der Waals surface area contributed by atoms with Gasteiger partial charge in [-0.05, 0) is 36.3 Å². The van der Waals surface area contributed by atoms with Crippen molar-refractivity contribution in [1.29, 1.82) is 10.5 Å². The number of hydrogen-bond acceptors (Lipinski definition) is 5. The van der Waals surface area contributed by atoms with Gasteiger partial charge in [-0.15, -0.1) is 23.5 Å². The summed E-state index contributed by atoms with van der Waals surface area (Å²) in [5.41, 5.74) is 2.12. The van der Waals surface area contributed by atoms with E-state index in [1.165, 1.54) is 23.5 Å². The summed E-state index contributed by atoms with van der Waals surface area (Å²) in [7, 11) is 1.61. The lowest BCUT2D eigenvalue weighted by molar-refractivity contribution is 0.415. The molecule has 0 aliphatic carbocycles. The molecular formula is C16H16N2OS2. The van der Waals surface area contributed by atoms with Crippen LogP contribution in [0.4, 0.5) is 0 Å². The van der Waals surface area contributed by atoms with E-state index in [0.29, 0.717) is 17.6 Å². The zero-order valence-electron chi connectivity index (χ0n) is 12.2. The molecule has 108 valence electrons. The summed E-state index contributed by atoms with van der Waals surface area (Å²) in [4.78, 5) is 0. The quantitative estimate of drug-likeness (QED) is 0.725. The van der Waals surface area contributed by atoms with Crippen molar-refractivity contribution in [3.63, 3.8) is 0 Å². The number of benzene rings is 1. The fourth-order valence-electron chi connectivity index (χ4n) is 1.70. The molecule has 0 saturated carbocycles. The van der Waals surface area contributed by atoms with Crippen LogP contribution in [0.25, 0.3) is 6.08 Å². The number of rotatable bonds is 6. The summed E-state index contributed by atoms with van der Waals surface area (Å²) < 4.78 is 6.05. The Morgan fingerprint density at radius 3 is 2.19 bits per heavy atom. The average Bonchev–Trinajstić information content (AvgIpc) is 2.54. The SMILES string of the molecule is COc1ccc(/C=C(\C#N)CC(C#N)=C(SC)SC)cc1. The minimum atomic E-state index is 0.357. The first kappa shape index (κ1) is 17.2. The minimum Gasteiger partial charge on any atom is -0.497 e. The summed E-state index contributed by atoms with van der Waals surface area (Å²) in [5.74, 6) is 0.773. The second kappa shape index (κ2) is 9.18. The number of methoxy groups -OCH3 is 1. The maximum atomic E-state index is 9.27. The molecule has 0 fully saturated rings. The normalized spacial score (nSPS) is 10.4. The fourth-order valence-corrected chi connectivity index (χ4v) is 3.10. The first-order chi connectivity index (χ1) is 10.2. The molecule has 0 aliphatic heterocycles. The second-order valence-corrected chi connectivity index (χ2v) is 5.91. The van der Waals surface area contributed by atoms with E-state index in [1.54, 1.807) is 13.2 Å². The van der Waals surface area contributed by atoms with Crippen molar-refractivity contribution in [1.82, 2.24) is 0 Å². The molecule has 5 heteroatoms. The second-order valence-electron chi connectivity index (χ2n) is 4.02.